The Morgan fingerprint density at radius 2 is 1.68 bits per heavy atom. The molecule has 0 bridgehead atoms. The van der Waals surface area contributed by atoms with Crippen molar-refractivity contribution in [3.05, 3.63) is 0 Å². The number of hydrogen-bond donors (Lipinski definition) is 2. The van der Waals surface area contributed by atoms with E-state index in [1.165, 1.54) is 38.5 Å². The Morgan fingerprint density at radius 3 is 2.32 bits per heavy atom. The molecule has 5 rings (SSSR count). The molecule has 5 saturated carbocycles. The van der Waals surface area contributed by atoms with Gasteiger partial charge in [-0.2, -0.15) is 13.2 Å². The normalized spacial score (nSPS) is 52.6. The van der Waals surface area contributed by atoms with Gasteiger partial charge < -0.3 is 10.2 Å². The Morgan fingerprint density at radius 1 is 0.971 bits per heavy atom. The van der Waals surface area contributed by atoms with Crippen molar-refractivity contribution in [1.82, 2.24) is 0 Å². The summed E-state index contributed by atoms with van der Waals surface area (Å²) in [5.41, 5.74) is -2.32. The summed E-state index contributed by atoms with van der Waals surface area (Å²) in [6.45, 7) is 10.3. The number of hydrogen-bond acceptors (Lipinski definition) is 2. The molecule has 5 heteroatoms. The van der Waals surface area contributed by atoms with Gasteiger partial charge in [0.05, 0.1) is 5.60 Å². The summed E-state index contributed by atoms with van der Waals surface area (Å²) in [6.07, 6.45) is 6.98. The molecule has 0 unspecified atom stereocenters. The third-order valence-corrected chi connectivity index (χ3v) is 13.2. The van der Waals surface area contributed by atoms with Gasteiger partial charge in [-0.25, -0.2) is 0 Å². The van der Waals surface area contributed by atoms with Crippen LogP contribution >= 0.6 is 0 Å². The van der Waals surface area contributed by atoms with Crippen molar-refractivity contribution in [3.63, 3.8) is 0 Å². The molecule has 0 aromatic heterocycles. The predicted molar refractivity (Wildman–Crippen MR) is 128 cm³/mol. The van der Waals surface area contributed by atoms with Crippen molar-refractivity contribution in [2.75, 3.05) is 0 Å². The molecule has 2 nitrogen and oxygen atoms in total. The zero-order valence-electron chi connectivity index (χ0n) is 22.0. The molecule has 0 spiro atoms. The monoisotopic (exact) mass is 484 g/mol. The number of aliphatic hydroxyl groups is 2. The molecule has 34 heavy (non-hydrogen) atoms. The molecule has 0 aromatic rings. The molecular formula is C29H47F3O2. The van der Waals surface area contributed by atoms with Crippen LogP contribution in [0.1, 0.15) is 112 Å². The smallest absolute Gasteiger partial charge is 0.390 e. The van der Waals surface area contributed by atoms with Gasteiger partial charge in [-0.05, 0) is 136 Å². The molecule has 0 aromatic carbocycles. The first-order chi connectivity index (χ1) is 15.6. The highest BCUT2D eigenvalue weighted by atomic mass is 19.4. The zero-order valence-corrected chi connectivity index (χ0v) is 22.0. The Balaban J connectivity index is 1.33. The first-order valence-electron chi connectivity index (χ1n) is 14.1. The van der Waals surface area contributed by atoms with Crippen LogP contribution in [-0.2, 0) is 0 Å². The highest BCUT2D eigenvalue weighted by molar-refractivity contribution is 5.24. The maximum Gasteiger partial charge on any atom is 0.416 e. The van der Waals surface area contributed by atoms with Gasteiger partial charge in [0.1, 0.15) is 0 Å². The van der Waals surface area contributed by atoms with E-state index in [9.17, 15) is 23.4 Å². The van der Waals surface area contributed by atoms with Crippen molar-refractivity contribution in [3.8, 4) is 0 Å². The standard InChI is InChI=1S/C29H47F3O2/c1-6-27(34)14-13-24(3)19(16-27)7-8-21-22(24)10-11-25(4)23(21)15-20-17-28(20,25)18(2)9-12-26(5,33)29(30,31)32/h18-23,33-34H,6-17H2,1-5H3/t18-,19+,20+,21-,22+,23+,24+,25+,26-,27+,28+/m1/s1. The molecule has 0 aliphatic heterocycles. The largest absolute Gasteiger partial charge is 0.416 e. The van der Waals surface area contributed by atoms with E-state index in [1.54, 1.807) is 0 Å². The minimum atomic E-state index is -4.56. The zero-order chi connectivity index (χ0) is 24.9. The fourth-order valence-corrected chi connectivity index (χ4v) is 10.7. The Hall–Kier alpha value is -0.290. The minimum Gasteiger partial charge on any atom is -0.390 e. The summed E-state index contributed by atoms with van der Waals surface area (Å²) in [6, 6.07) is 0. The van der Waals surface area contributed by atoms with Crippen molar-refractivity contribution in [1.29, 1.82) is 0 Å². The summed E-state index contributed by atoms with van der Waals surface area (Å²) in [5.74, 6) is 3.68. The molecule has 11 atom stereocenters. The maximum absolute atomic E-state index is 13.3. The van der Waals surface area contributed by atoms with E-state index in [0.29, 0.717) is 29.6 Å². The van der Waals surface area contributed by atoms with Crippen LogP contribution in [0.25, 0.3) is 0 Å². The van der Waals surface area contributed by atoms with Crippen molar-refractivity contribution in [2.45, 2.75) is 129 Å². The highest BCUT2D eigenvalue weighted by Crippen LogP contribution is 2.83. The van der Waals surface area contributed by atoms with Gasteiger partial charge in [-0.1, -0.05) is 27.7 Å². The molecule has 5 fully saturated rings. The molecular weight excluding hydrogens is 437 g/mol. The van der Waals surface area contributed by atoms with Gasteiger partial charge in [0.2, 0.25) is 0 Å². The summed E-state index contributed by atoms with van der Waals surface area (Å²) < 4.78 is 39.8. The fraction of sp³-hybridized carbons (Fsp3) is 1.00. The van der Waals surface area contributed by atoms with E-state index < -0.39 is 17.4 Å². The summed E-state index contributed by atoms with van der Waals surface area (Å²) >= 11 is 0. The van der Waals surface area contributed by atoms with E-state index in [-0.39, 0.29) is 23.2 Å². The lowest BCUT2D eigenvalue weighted by Gasteiger charge is -2.63. The molecule has 0 heterocycles. The van der Waals surface area contributed by atoms with Crippen LogP contribution in [0, 0.1) is 51.8 Å². The molecule has 5 aliphatic carbocycles. The molecule has 0 radical (unpaired) electrons. The molecule has 0 amide bonds. The van der Waals surface area contributed by atoms with E-state index in [2.05, 4.69) is 27.7 Å². The first kappa shape index (κ1) is 25.4. The number of fused-ring (bicyclic) bond motifs is 7. The second-order valence-corrected chi connectivity index (χ2v) is 14.3. The van der Waals surface area contributed by atoms with Gasteiger partial charge in [0.25, 0.3) is 0 Å². The highest BCUT2D eigenvalue weighted by Gasteiger charge is 2.76. The van der Waals surface area contributed by atoms with Gasteiger partial charge >= 0.3 is 6.18 Å². The van der Waals surface area contributed by atoms with Crippen molar-refractivity contribution in [2.24, 2.45) is 51.8 Å². The average Bonchev–Trinajstić information content (AvgIpc) is 3.44. The topological polar surface area (TPSA) is 40.5 Å². The second kappa shape index (κ2) is 7.62. The summed E-state index contributed by atoms with van der Waals surface area (Å²) in [5, 5.41) is 21.1. The Kier molecular flexibility index (Phi) is 5.68. The van der Waals surface area contributed by atoms with E-state index >= 15 is 0 Å². The third-order valence-electron chi connectivity index (χ3n) is 13.2. The van der Waals surface area contributed by atoms with Gasteiger partial charge in [-0.3, -0.25) is 0 Å². The van der Waals surface area contributed by atoms with Crippen molar-refractivity contribution >= 4 is 0 Å². The van der Waals surface area contributed by atoms with Crippen LogP contribution in [0.5, 0.6) is 0 Å². The SMILES string of the molecule is CC[C@]1(O)CC[C@@]2(C)[C@@H](CC[C@@H]3[C@@H]2CC[C@@]2(C)[C@H]3C[C@H]3C[C@]32[C@H](C)CC[C@@](C)(O)C(F)(F)F)C1. The fourth-order valence-electron chi connectivity index (χ4n) is 10.7. The van der Waals surface area contributed by atoms with Crippen LogP contribution in [0.2, 0.25) is 0 Å². The maximum atomic E-state index is 13.3. The van der Waals surface area contributed by atoms with Crippen LogP contribution < -0.4 is 0 Å². The molecule has 5 aliphatic rings. The van der Waals surface area contributed by atoms with Gasteiger partial charge in [-0.15, -0.1) is 0 Å². The second-order valence-electron chi connectivity index (χ2n) is 14.3. The van der Waals surface area contributed by atoms with Crippen LogP contribution in [-0.4, -0.2) is 27.6 Å². The Bertz CT molecular complexity index is 810. The van der Waals surface area contributed by atoms with Gasteiger partial charge in [0, 0.05) is 0 Å². The van der Waals surface area contributed by atoms with Crippen LogP contribution in [0.3, 0.4) is 0 Å². The summed E-state index contributed by atoms with van der Waals surface area (Å²) in [4.78, 5) is 0. The average molecular weight is 485 g/mol. The summed E-state index contributed by atoms with van der Waals surface area (Å²) in [7, 11) is 0. The quantitative estimate of drug-likeness (QED) is 0.424. The van der Waals surface area contributed by atoms with E-state index in [4.69, 9.17) is 0 Å². The number of halogens is 3. The lowest BCUT2D eigenvalue weighted by molar-refractivity contribution is -0.256. The van der Waals surface area contributed by atoms with Crippen LogP contribution in [0.15, 0.2) is 0 Å². The molecule has 196 valence electrons. The number of alkyl halides is 3. The van der Waals surface area contributed by atoms with Crippen molar-refractivity contribution < 1.29 is 23.4 Å². The lowest BCUT2D eigenvalue weighted by atomic mass is 9.42. The minimum absolute atomic E-state index is 0.178. The van der Waals surface area contributed by atoms with E-state index in [1.807, 2.05) is 0 Å². The third kappa shape index (κ3) is 3.33. The first-order valence-corrected chi connectivity index (χ1v) is 14.1. The Labute approximate surface area is 204 Å². The molecule has 2 N–H and O–H groups in total. The van der Waals surface area contributed by atoms with E-state index in [0.717, 1.165) is 44.4 Å². The van der Waals surface area contributed by atoms with Gasteiger partial charge in [0.15, 0.2) is 5.60 Å². The van der Waals surface area contributed by atoms with Crippen LogP contribution in [0.4, 0.5) is 13.2 Å². The molecule has 0 saturated heterocycles. The lowest BCUT2D eigenvalue weighted by Crippen LogP contribution is -2.56. The number of rotatable bonds is 5. The predicted octanol–water partition coefficient (Wildman–Crippen LogP) is 7.52.